The molecule has 99 heavy (non-hydrogen) atoms. The van der Waals surface area contributed by atoms with E-state index < -0.39 is 97.5 Å². The molecule has 0 bridgehead atoms. The molecular formula is C80H156O17P2. The number of carbonyl (C=O) groups is 4. The van der Waals surface area contributed by atoms with Gasteiger partial charge in [0.25, 0.3) is 0 Å². The summed E-state index contributed by atoms with van der Waals surface area (Å²) in [5, 5.41) is 10.6. The number of aliphatic hydroxyl groups excluding tert-OH is 1. The first kappa shape index (κ1) is 97.1. The van der Waals surface area contributed by atoms with Gasteiger partial charge in [-0.05, 0) is 49.4 Å². The van der Waals surface area contributed by atoms with Crippen LogP contribution < -0.4 is 0 Å². The number of aliphatic hydroxyl groups is 1. The van der Waals surface area contributed by atoms with Crippen LogP contribution in [0.2, 0.25) is 0 Å². The van der Waals surface area contributed by atoms with E-state index in [1.54, 1.807) is 0 Å². The second-order valence-electron chi connectivity index (χ2n) is 30.7. The van der Waals surface area contributed by atoms with Crippen molar-refractivity contribution in [2.24, 2.45) is 23.7 Å². The Balaban J connectivity index is 5.18. The molecule has 17 nitrogen and oxygen atoms in total. The van der Waals surface area contributed by atoms with Crippen molar-refractivity contribution in [3.05, 3.63) is 0 Å². The van der Waals surface area contributed by atoms with Crippen LogP contribution in [-0.2, 0) is 65.4 Å². The summed E-state index contributed by atoms with van der Waals surface area (Å²) in [4.78, 5) is 72.9. The molecule has 0 radical (unpaired) electrons. The van der Waals surface area contributed by atoms with Gasteiger partial charge in [0.1, 0.15) is 19.3 Å². The lowest BCUT2D eigenvalue weighted by Gasteiger charge is -2.21. The fraction of sp³-hybridized carbons (Fsp3) is 0.950. The molecule has 0 fully saturated rings. The molecule has 0 aliphatic rings. The van der Waals surface area contributed by atoms with Gasteiger partial charge < -0.3 is 33.8 Å². The largest absolute Gasteiger partial charge is 0.472 e. The number of ether oxygens (including phenoxy) is 4. The smallest absolute Gasteiger partial charge is 0.462 e. The SMILES string of the molecule is CC(C)CCCCCCCCCCCCCCCCCCCCC(=O)O[C@H](COC(=O)CCCCCCCCC(C)C)COP(=O)(O)OCC(O)COP(=O)(O)OC[C@@H](COC(=O)CCCCCCCCCCCC(C)C)OC(=O)CCCCCCCCCCCCCCCCC(C)C. The molecule has 0 aliphatic carbocycles. The molecule has 0 aromatic carbocycles. The standard InChI is InChI=1S/C80H156O17P2/c1-70(2)56-48-40-32-26-21-17-13-11-9-10-12-14-19-23-29-36-46-54-63-80(85)97-76(67-91-78(83)61-53-45-39-38-43-51-59-73(7)8)69-95-99(88,89)93-65-74(81)64-92-98(86,87)94-68-75(66-90-77(82)60-52-44-35-31-25-28-34-42-50-58-72(5)6)96-79(84)62-55-47-37-30-24-20-16-15-18-22-27-33-41-49-57-71(3)4/h70-76,81H,9-69H2,1-8H3,(H,86,87)(H,88,89)/t74?,75-,76-/m1/s1. The Morgan fingerprint density at radius 1 is 0.253 bits per heavy atom. The minimum absolute atomic E-state index is 0.107. The number of phosphoric ester groups is 2. The van der Waals surface area contributed by atoms with Crippen molar-refractivity contribution in [1.29, 1.82) is 0 Å². The number of hydrogen-bond acceptors (Lipinski definition) is 15. The van der Waals surface area contributed by atoms with Gasteiger partial charge in [0.2, 0.25) is 0 Å². The van der Waals surface area contributed by atoms with E-state index in [1.807, 2.05) is 0 Å². The van der Waals surface area contributed by atoms with Crippen LogP contribution in [0.25, 0.3) is 0 Å². The van der Waals surface area contributed by atoms with Gasteiger partial charge >= 0.3 is 39.5 Å². The van der Waals surface area contributed by atoms with Crippen molar-refractivity contribution in [2.75, 3.05) is 39.6 Å². The average molecular weight is 1450 g/mol. The minimum atomic E-state index is -4.96. The summed E-state index contributed by atoms with van der Waals surface area (Å²) < 4.78 is 68.6. The third kappa shape index (κ3) is 74.1. The third-order valence-corrected chi connectivity index (χ3v) is 20.5. The summed E-state index contributed by atoms with van der Waals surface area (Å²) in [5.41, 5.74) is 0. The molecule has 0 rings (SSSR count). The second kappa shape index (κ2) is 69.1. The van der Waals surface area contributed by atoms with Crippen LogP contribution in [0.4, 0.5) is 0 Å². The Morgan fingerprint density at radius 2 is 0.424 bits per heavy atom. The molecule has 0 amide bonds. The molecule has 0 aromatic rings. The van der Waals surface area contributed by atoms with Crippen LogP contribution in [0.3, 0.4) is 0 Å². The van der Waals surface area contributed by atoms with Crippen molar-refractivity contribution in [3.8, 4) is 0 Å². The maximum absolute atomic E-state index is 13.1. The molecule has 5 atom stereocenters. The van der Waals surface area contributed by atoms with Gasteiger partial charge in [-0.25, -0.2) is 9.13 Å². The van der Waals surface area contributed by atoms with Gasteiger partial charge in [0.15, 0.2) is 12.2 Å². The monoisotopic (exact) mass is 1450 g/mol. The zero-order chi connectivity index (χ0) is 73.1. The molecule has 0 spiro atoms. The molecule has 0 aromatic heterocycles. The average Bonchev–Trinajstić information content (AvgIpc) is 1.10. The van der Waals surface area contributed by atoms with Gasteiger partial charge in [-0.3, -0.25) is 37.3 Å². The number of esters is 4. The molecule has 588 valence electrons. The van der Waals surface area contributed by atoms with Gasteiger partial charge in [0, 0.05) is 25.7 Å². The van der Waals surface area contributed by atoms with E-state index in [-0.39, 0.29) is 25.7 Å². The fourth-order valence-corrected chi connectivity index (χ4v) is 13.8. The fourth-order valence-electron chi connectivity index (χ4n) is 12.3. The lowest BCUT2D eigenvalue weighted by molar-refractivity contribution is -0.161. The molecule has 0 saturated heterocycles. The maximum atomic E-state index is 13.1. The highest BCUT2D eigenvalue weighted by atomic mass is 31.2. The summed E-state index contributed by atoms with van der Waals surface area (Å²) in [7, 11) is -9.92. The number of rotatable bonds is 77. The topological polar surface area (TPSA) is 237 Å². The molecule has 0 heterocycles. The summed E-state index contributed by atoms with van der Waals surface area (Å²) in [6.07, 6.45) is 55.8. The van der Waals surface area contributed by atoms with Gasteiger partial charge in [-0.15, -0.1) is 0 Å². The first-order chi connectivity index (χ1) is 47.6. The van der Waals surface area contributed by atoms with Crippen LogP contribution in [-0.4, -0.2) is 96.7 Å². The number of hydrogen-bond donors (Lipinski definition) is 3. The molecule has 3 unspecified atom stereocenters. The van der Waals surface area contributed by atoms with Crippen molar-refractivity contribution in [3.63, 3.8) is 0 Å². The normalized spacial score (nSPS) is 14.1. The number of unbranched alkanes of at least 4 members (excludes halogenated alkanes) is 43. The van der Waals surface area contributed by atoms with E-state index in [2.05, 4.69) is 55.4 Å². The Bertz CT molecular complexity index is 1940. The van der Waals surface area contributed by atoms with Crippen LogP contribution >= 0.6 is 15.6 Å². The Hall–Kier alpha value is -1.94. The van der Waals surface area contributed by atoms with Crippen molar-refractivity contribution in [1.82, 2.24) is 0 Å². The molecule has 0 aliphatic heterocycles. The lowest BCUT2D eigenvalue weighted by atomic mass is 10.0. The van der Waals surface area contributed by atoms with Gasteiger partial charge in [-0.1, -0.05) is 357 Å². The Labute approximate surface area is 607 Å². The number of phosphoric acid groups is 2. The van der Waals surface area contributed by atoms with Gasteiger partial charge in [0.05, 0.1) is 26.4 Å². The van der Waals surface area contributed by atoms with E-state index >= 15 is 0 Å². The van der Waals surface area contributed by atoms with Gasteiger partial charge in [-0.2, -0.15) is 0 Å². The quantitative estimate of drug-likeness (QED) is 0.0222. The Kier molecular flexibility index (Phi) is 67.8. The summed E-state index contributed by atoms with van der Waals surface area (Å²) in [5.74, 6) is 0.920. The third-order valence-electron chi connectivity index (χ3n) is 18.6. The highest BCUT2D eigenvalue weighted by Crippen LogP contribution is 2.45. The highest BCUT2D eigenvalue weighted by Gasteiger charge is 2.30. The zero-order valence-corrected chi connectivity index (χ0v) is 66.9. The van der Waals surface area contributed by atoms with E-state index in [4.69, 9.17) is 37.0 Å². The first-order valence-electron chi connectivity index (χ1n) is 41.2. The highest BCUT2D eigenvalue weighted by molar-refractivity contribution is 7.47. The van der Waals surface area contributed by atoms with Crippen molar-refractivity contribution >= 4 is 39.5 Å². The molecule has 0 saturated carbocycles. The maximum Gasteiger partial charge on any atom is 0.472 e. The summed E-state index contributed by atoms with van der Waals surface area (Å²) in [6, 6.07) is 0. The first-order valence-corrected chi connectivity index (χ1v) is 44.2. The number of carbonyl (C=O) groups excluding carboxylic acids is 4. The van der Waals surface area contributed by atoms with Crippen molar-refractivity contribution < 1.29 is 80.2 Å². The lowest BCUT2D eigenvalue weighted by Crippen LogP contribution is -2.30. The summed E-state index contributed by atoms with van der Waals surface area (Å²) >= 11 is 0. The second-order valence-corrected chi connectivity index (χ2v) is 33.6. The Morgan fingerprint density at radius 3 is 0.626 bits per heavy atom. The van der Waals surface area contributed by atoms with E-state index in [1.165, 1.54) is 205 Å². The van der Waals surface area contributed by atoms with Crippen LogP contribution in [0, 0.1) is 23.7 Å². The summed E-state index contributed by atoms with van der Waals surface area (Å²) in [6.45, 7) is 14.2. The van der Waals surface area contributed by atoms with Crippen LogP contribution in [0.5, 0.6) is 0 Å². The zero-order valence-electron chi connectivity index (χ0n) is 65.1. The predicted molar refractivity (Wildman–Crippen MR) is 404 cm³/mol. The van der Waals surface area contributed by atoms with Crippen LogP contribution in [0.15, 0.2) is 0 Å². The van der Waals surface area contributed by atoms with E-state index in [0.29, 0.717) is 31.6 Å². The predicted octanol–water partition coefficient (Wildman–Crippen LogP) is 23.6. The minimum Gasteiger partial charge on any atom is -0.462 e. The van der Waals surface area contributed by atoms with E-state index in [0.717, 1.165) is 114 Å². The van der Waals surface area contributed by atoms with Crippen LogP contribution in [0.1, 0.15) is 409 Å². The van der Waals surface area contributed by atoms with E-state index in [9.17, 15) is 43.2 Å². The molecule has 3 N–H and O–H groups in total. The van der Waals surface area contributed by atoms with Crippen molar-refractivity contribution in [2.45, 2.75) is 427 Å². The molecule has 19 heteroatoms. The molecular weight excluding hydrogens is 1290 g/mol.